The van der Waals surface area contributed by atoms with Crippen molar-refractivity contribution in [3.63, 3.8) is 0 Å². The van der Waals surface area contributed by atoms with Crippen molar-refractivity contribution in [2.24, 2.45) is 0 Å². The van der Waals surface area contributed by atoms with E-state index in [2.05, 4.69) is 30.6 Å². The zero-order valence-corrected chi connectivity index (χ0v) is 17.3. The van der Waals surface area contributed by atoms with Crippen LogP contribution in [0.1, 0.15) is 11.1 Å². The summed E-state index contributed by atoms with van der Waals surface area (Å²) in [5, 5.41) is 21.4. The Bertz CT molecular complexity index is 1200. The van der Waals surface area contributed by atoms with Crippen molar-refractivity contribution in [2.45, 2.75) is 13.5 Å². The van der Waals surface area contributed by atoms with Crippen LogP contribution in [0.3, 0.4) is 0 Å². The lowest BCUT2D eigenvalue weighted by Crippen LogP contribution is -2.11. The number of hydrogen-bond donors (Lipinski definition) is 2. The van der Waals surface area contributed by atoms with Crippen LogP contribution in [0.2, 0.25) is 10.0 Å². The van der Waals surface area contributed by atoms with Crippen LogP contribution in [0, 0.1) is 6.92 Å². The van der Waals surface area contributed by atoms with Crippen molar-refractivity contribution < 1.29 is 9.90 Å². The van der Waals surface area contributed by atoms with Crippen molar-refractivity contribution in [3.05, 3.63) is 45.7 Å². The molecular weight excluding hydrogens is 437 g/mol. The Morgan fingerprint density at radius 1 is 1.28 bits per heavy atom. The van der Waals surface area contributed by atoms with Crippen LogP contribution < -0.4 is 5.32 Å². The highest BCUT2D eigenvalue weighted by Crippen LogP contribution is 2.27. The van der Waals surface area contributed by atoms with Crippen LogP contribution in [-0.2, 0) is 11.3 Å². The minimum atomic E-state index is -0.969. The Balaban J connectivity index is 1.55. The second-order valence-corrected chi connectivity index (χ2v) is 7.93. The molecule has 0 aliphatic carbocycles. The van der Waals surface area contributed by atoms with E-state index in [0.717, 1.165) is 11.1 Å². The standard InChI is InChI=1S/C17H13Cl2N7O2S/c1-8-10(18)2-9(3-11(8)19)6-26-7-13(24-25-26)15-20-4-12-16(23-15)29-17(22-12)21-5-14(27)28/h2-4,7H,5-6H2,1H3,(H,21,22)(H,27,28). The van der Waals surface area contributed by atoms with E-state index in [4.69, 9.17) is 28.3 Å². The van der Waals surface area contributed by atoms with Gasteiger partial charge in [-0.1, -0.05) is 39.8 Å². The smallest absolute Gasteiger partial charge is 0.322 e. The molecule has 0 radical (unpaired) electrons. The van der Waals surface area contributed by atoms with Gasteiger partial charge in [-0.15, -0.1) is 5.10 Å². The Kier molecular flexibility index (Phi) is 5.31. The zero-order valence-electron chi connectivity index (χ0n) is 14.9. The number of benzene rings is 1. The number of rotatable bonds is 6. The molecule has 12 heteroatoms. The largest absolute Gasteiger partial charge is 0.480 e. The van der Waals surface area contributed by atoms with Gasteiger partial charge in [0.25, 0.3) is 0 Å². The molecule has 0 atom stereocenters. The lowest BCUT2D eigenvalue weighted by molar-refractivity contribution is -0.134. The van der Waals surface area contributed by atoms with Gasteiger partial charge in [-0.3, -0.25) is 4.79 Å². The van der Waals surface area contributed by atoms with E-state index in [0.29, 0.717) is 43.6 Å². The van der Waals surface area contributed by atoms with Gasteiger partial charge in [0.05, 0.1) is 18.9 Å². The van der Waals surface area contributed by atoms with Crippen LogP contribution in [-0.4, -0.2) is 47.6 Å². The summed E-state index contributed by atoms with van der Waals surface area (Å²) < 4.78 is 1.65. The van der Waals surface area contributed by atoms with E-state index in [9.17, 15) is 4.79 Å². The molecule has 29 heavy (non-hydrogen) atoms. The van der Waals surface area contributed by atoms with Gasteiger partial charge in [0.15, 0.2) is 11.0 Å². The maximum absolute atomic E-state index is 10.7. The highest BCUT2D eigenvalue weighted by atomic mass is 35.5. The monoisotopic (exact) mass is 449 g/mol. The minimum Gasteiger partial charge on any atom is -0.480 e. The molecule has 0 spiro atoms. The van der Waals surface area contributed by atoms with Crippen LogP contribution >= 0.6 is 34.5 Å². The number of aromatic nitrogens is 6. The highest BCUT2D eigenvalue weighted by molar-refractivity contribution is 7.21. The maximum Gasteiger partial charge on any atom is 0.322 e. The van der Waals surface area contributed by atoms with Crippen molar-refractivity contribution in [1.82, 2.24) is 29.9 Å². The molecular formula is C17H13Cl2N7O2S. The molecule has 0 unspecified atom stereocenters. The Hall–Kier alpha value is -2.82. The second-order valence-electron chi connectivity index (χ2n) is 6.14. The van der Waals surface area contributed by atoms with Crippen molar-refractivity contribution in [2.75, 3.05) is 11.9 Å². The molecule has 4 rings (SSSR count). The number of anilines is 1. The molecule has 3 aromatic heterocycles. The van der Waals surface area contributed by atoms with Gasteiger partial charge in [0, 0.05) is 10.0 Å². The summed E-state index contributed by atoms with van der Waals surface area (Å²) in [4.78, 5) is 24.3. The first-order chi connectivity index (χ1) is 13.9. The van der Waals surface area contributed by atoms with E-state index in [1.54, 1.807) is 17.1 Å². The zero-order chi connectivity index (χ0) is 20.5. The summed E-state index contributed by atoms with van der Waals surface area (Å²) in [6.07, 6.45) is 3.30. The van der Waals surface area contributed by atoms with Crippen molar-refractivity contribution in [3.8, 4) is 11.5 Å². The summed E-state index contributed by atoms with van der Waals surface area (Å²) in [6, 6.07) is 3.69. The van der Waals surface area contributed by atoms with Crippen LogP contribution in [0.5, 0.6) is 0 Å². The Labute approximate surface area is 178 Å². The molecule has 148 valence electrons. The van der Waals surface area contributed by atoms with Crippen LogP contribution in [0.4, 0.5) is 5.13 Å². The van der Waals surface area contributed by atoms with Gasteiger partial charge in [0.2, 0.25) is 0 Å². The molecule has 2 N–H and O–H groups in total. The van der Waals surface area contributed by atoms with E-state index in [-0.39, 0.29) is 6.54 Å². The first-order valence-corrected chi connectivity index (χ1v) is 9.90. The van der Waals surface area contributed by atoms with Gasteiger partial charge in [0.1, 0.15) is 22.6 Å². The predicted molar refractivity (Wildman–Crippen MR) is 111 cm³/mol. The molecule has 0 fully saturated rings. The lowest BCUT2D eigenvalue weighted by Gasteiger charge is -2.06. The van der Waals surface area contributed by atoms with Gasteiger partial charge >= 0.3 is 5.97 Å². The number of carboxylic acids is 1. The first-order valence-electron chi connectivity index (χ1n) is 8.33. The predicted octanol–water partition coefficient (Wildman–Crippen LogP) is 3.50. The van der Waals surface area contributed by atoms with Gasteiger partial charge in [-0.05, 0) is 30.2 Å². The quantitative estimate of drug-likeness (QED) is 0.458. The second kappa shape index (κ2) is 7.90. The molecule has 9 nitrogen and oxygen atoms in total. The normalized spacial score (nSPS) is 11.1. The maximum atomic E-state index is 10.7. The van der Waals surface area contributed by atoms with E-state index in [1.807, 2.05) is 19.1 Å². The SMILES string of the molecule is Cc1c(Cl)cc(Cn2cc(-c3ncc4nc(NCC(=O)O)sc4n3)nn2)cc1Cl. The number of carbonyl (C=O) groups is 1. The van der Waals surface area contributed by atoms with Gasteiger partial charge < -0.3 is 10.4 Å². The van der Waals surface area contributed by atoms with Crippen molar-refractivity contribution >= 4 is 56.0 Å². The van der Waals surface area contributed by atoms with Crippen LogP contribution in [0.15, 0.2) is 24.5 Å². The summed E-state index contributed by atoms with van der Waals surface area (Å²) in [5.41, 5.74) is 2.81. The number of carboxylic acid groups (broad SMARTS) is 1. The number of fused-ring (bicyclic) bond motifs is 1. The molecule has 4 aromatic rings. The summed E-state index contributed by atoms with van der Waals surface area (Å²) >= 11 is 13.6. The molecule has 0 aliphatic rings. The summed E-state index contributed by atoms with van der Waals surface area (Å²) in [7, 11) is 0. The Morgan fingerprint density at radius 2 is 2.03 bits per heavy atom. The third-order valence-electron chi connectivity index (χ3n) is 3.99. The molecule has 3 heterocycles. The third-order valence-corrected chi connectivity index (χ3v) is 5.70. The van der Waals surface area contributed by atoms with E-state index < -0.39 is 5.97 Å². The molecule has 0 saturated heterocycles. The van der Waals surface area contributed by atoms with E-state index in [1.165, 1.54) is 11.3 Å². The van der Waals surface area contributed by atoms with E-state index >= 15 is 0 Å². The number of thiazole rings is 1. The number of hydrogen-bond acceptors (Lipinski definition) is 8. The molecule has 0 saturated carbocycles. The number of nitrogens with one attached hydrogen (secondary N) is 1. The number of nitrogens with zero attached hydrogens (tertiary/aromatic N) is 6. The molecule has 0 amide bonds. The average Bonchev–Trinajstić information content (AvgIpc) is 3.30. The Morgan fingerprint density at radius 3 is 2.76 bits per heavy atom. The topological polar surface area (TPSA) is 119 Å². The lowest BCUT2D eigenvalue weighted by atomic mass is 10.1. The fourth-order valence-electron chi connectivity index (χ4n) is 2.54. The fraction of sp³-hybridized carbons (Fsp3) is 0.176. The molecule has 1 aromatic carbocycles. The minimum absolute atomic E-state index is 0.221. The van der Waals surface area contributed by atoms with Crippen molar-refractivity contribution in [1.29, 1.82) is 0 Å². The number of halogens is 2. The van der Waals surface area contributed by atoms with Crippen LogP contribution in [0.25, 0.3) is 21.9 Å². The summed E-state index contributed by atoms with van der Waals surface area (Å²) in [5.74, 6) is -0.569. The van der Waals surface area contributed by atoms with Gasteiger partial charge in [-0.25, -0.2) is 19.6 Å². The first kappa shape index (κ1) is 19.5. The average molecular weight is 450 g/mol. The third kappa shape index (κ3) is 4.29. The highest BCUT2D eigenvalue weighted by Gasteiger charge is 2.13. The molecule has 0 bridgehead atoms. The molecule has 0 aliphatic heterocycles. The number of aliphatic carboxylic acids is 1. The summed E-state index contributed by atoms with van der Waals surface area (Å²) in [6.45, 7) is 2.08. The van der Waals surface area contributed by atoms with Gasteiger partial charge in [-0.2, -0.15) is 0 Å². The fourth-order valence-corrected chi connectivity index (χ4v) is 3.88.